The van der Waals surface area contributed by atoms with Crippen LogP contribution in [0.2, 0.25) is 0 Å². The van der Waals surface area contributed by atoms with Gasteiger partial charge in [-0.3, -0.25) is 0 Å². The normalized spacial score (nSPS) is 12.6. The second-order valence-electron chi connectivity index (χ2n) is 1.75. The number of hydrogen-bond acceptors (Lipinski definition) is 1. The first-order chi connectivity index (χ1) is 5.39. The Morgan fingerprint density at radius 1 is 1.18 bits per heavy atom. The van der Waals surface area contributed by atoms with Crippen LogP contribution in [0.3, 0.4) is 0 Å². The Bertz CT molecular complexity index is 112. The summed E-state index contributed by atoms with van der Waals surface area (Å²) < 4.78 is 0. The van der Waals surface area contributed by atoms with Gasteiger partial charge in [-0.2, -0.15) is 0 Å². The van der Waals surface area contributed by atoms with Gasteiger partial charge in [-0.25, -0.2) is 0 Å². The molecule has 1 heteroatoms. The average molecular weight is 155 g/mol. The van der Waals surface area contributed by atoms with Crippen molar-refractivity contribution < 1.29 is 0 Å². The van der Waals surface area contributed by atoms with Crippen molar-refractivity contribution in [3.63, 3.8) is 0 Å². The Hall–Kier alpha value is -0.720. The van der Waals surface area contributed by atoms with Crippen LogP contribution < -0.4 is 5.32 Å². The van der Waals surface area contributed by atoms with Gasteiger partial charge in [-0.1, -0.05) is 39.3 Å². The largest absolute Gasteiger partial charge is 0.387 e. The van der Waals surface area contributed by atoms with Gasteiger partial charge in [0.15, 0.2) is 0 Å². The summed E-state index contributed by atoms with van der Waals surface area (Å²) in [4.78, 5) is 0. The molecule has 1 rings (SSSR count). The molecule has 0 spiro atoms. The second kappa shape index (κ2) is 12.0. The Kier molecular flexibility index (Phi) is 14.1. The minimum absolute atomic E-state index is 1.01. The summed E-state index contributed by atoms with van der Waals surface area (Å²) in [6, 6.07) is 0. The molecule has 66 valence electrons. The molecule has 1 N–H and O–H groups in total. The van der Waals surface area contributed by atoms with E-state index in [1.165, 1.54) is 5.57 Å². The fourth-order valence-corrected chi connectivity index (χ4v) is 0.559. The Balaban J connectivity index is 0. The zero-order chi connectivity index (χ0) is 9.11. The molecule has 0 atom stereocenters. The summed E-state index contributed by atoms with van der Waals surface area (Å²) in [6.07, 6.45) is 6.07. The number of dihydropyridines is 1. The summed E-state index contributed by atoms with van der Waals surface area (Å²) in [6.45, 7) is 11.1. The smallest absolute Gasteiger partial charge is 0.0355 e. The molecule has 0 aromatic rings. The molecule has 1 aliphatic rings. The predicted molar refractivity (Wildman–Crippen MR) is 53.6 cm³/mol. The van der Waals surface area contributed by atoms with Crippen LogP contribution in [-0.2, 0) is 0 Å². The molecule has 0 unspecified atom stereocenters. The van der Waals surface area contributed by atoms with Crippen molar-refractivity contribution in [3.05, 3.63) is 23.9 Å². The van der Waals surface area contributed by atoms with Crippen LogP contribution in [0.5, 0.6) is 0 Å². The first-order valence-electron chi connectivity index (χ1n) is 4.45. The highest BCUT2D eigenvalue weighted by molar-refractivity contribution is 5.15. The van der Waals surface area contributed by atoms with Gasteiger partial charge in [0.1, 0.15) is 0 Å². The van der Waals surface area contributed by atoms with Crippen LogP contribution in [0.1, 0.15) is 34.6 Å². The molecule has 0 aromatic heterocycles. The van der Waals surface area contributed by atoms with Crippen molar-refractivity contribution in [2.75, 3.05) is 6.54 Å². The topological polar surface area (TPSA) is 12.0 Å². The second-order valence-corrected chi connectivity index (χ2v) is 1.75. The highest BCUT2D eigenvalue weighted by atomic mass is 14.8. The lowest BCUT2D eigenvalue weighted by molar-refractivity contribution is 0.920. The van der Waals surface area contributed by atoms with E-state index in [1.807, 2.05) is 40.0 Å². The zero-order valence-electron chi connectivity index (χ0n) is 8.44. The van der Waals surface area contributed by atoms with E-state index in [-0.39, 0.29) is 0 Å². The third-order valence-electron chi connectivity index (χ3n) is 0.976. The van der Waals surface area contributed by atoms with Crippen molar-refractivity contribution in [1.82, 2.24) is 5.32 Å². The standard InChI is InChI=1S/C6H9N.2C2H6/c1-6-3-2-4-7-5-6;2*1-2/h2-4,7H,5H2,1H3;2*1-2H3. The van der Waals surface area contributed by atoms with E-state index in [1.54, 1.807) is 0 Å². The van der Waals surface area contributed by atoms with E-state index in [2.05, 4.69) is 18.3 Å². The third-order valence-corrected chi connectivity index (χ3v) is 0.976. The maximum Gasteiger partial charge on any atom is 0.0355 e. The van der Waals surface area contributed by atoms with Crippen molar-refractivity contribution in [3.8, 4) is 0 Å². The van der Waals surface area contributed by atoms with E-state index in [0.29, 0.717) is 0 Å². The quantitative estimate of drug-likeness (QED) is 0.567. The Labute approximate surface area is 71.2 Å². The molecule has 0 bridgehead atoms. The van der Waals surface area contributed by atoms with Gasteiger partial charge in [0.2, 0.25) is 0 Å². The fourth-order valence-electron chi connectivity index (χ4n) is 0.559. The average Bonchev–Trinajstić information content (AvgIpc) is 2.13. The van der Waals surface area contributed by atoms with E-state index in [0.717, 1.165) is 6.54 Å². The number of allylic oxidation sites excluding steroid dienone is 2. The Morgan fingerprint density at radius 2 is 1.73 bits per heavy atom. The molecule has 1 nitrogen and oxygen atoms in total. The van der Waals surface area contributed by atoms with Gasteiger partial charge in [0.05, 0.1) is 0 Å². The minimum atomic E-state index is 1.01. The maximum absolute atomic E-state index is 3.09. The van der Waals surface area contributed by atoms with Gasteiger partial charge >= 0.3 is 0 Å². The minimum Gasteiger partial charge on any atom is -0.387 e. The molecule has 0 radical (unpaired) electrons. The van der Waals surface area contributed by atoms with E-state index < -0.39 is 0 Å². The molecule has 0 aromatic carbocycles. The lowest BCUT2D eigenvalue weighted by Gasteiger charge is -2.02. The van der Waals surface area contributed by atoms with Gasteiger partial charge in [-0.15, -0.1) is 0 Å². The van der Waals surface area contributed by atoms with Crippen LogP contribution >= 0.6 is 0 Å². The highest BCUT2D eigenvalue weighted by Crippen LogP contribution is 1.93. The summed E-state index contributed by atoms with van der Waals surface area (Å²) >= 11 is 0. The van der Waals surface area contributed by atoms with Gasteiger partial charge in [0.25, 0.3) is 0 Å². The SMILES string of the molecule is CC.CC.CC1=CC=CNC1. The zero-order valence-corrected chi connectivity index (χ0v) is 8.44. The van der Waals surface area contributed by atoms with Crippen molar-refractivity contribution in [2.24, 2.45) is 0 Å². The summed E-state index contributed by atoms with van der Waals surface area (Å²) in [7, 11) is 0. The molecule has 11 heavy (non-hydrogen) atoms. The van der Waals surface area contributed by atoms with E-state index in [9.17, 15) is 0 Å². The molecular weight excluding hydrogens is 134 g/mol. The first-order valence-corrected chi connectivity index (χ1v) is 4.45. The molecule has 0 amide bonds. The highest BCUT2D eigenvalue weighted by Gasteiger charge is 1.86. The number of nitrogens with one attached hydrogen (secondary N) is 1. The third kappa shape index (κ3) is 9.28. The van der Waals surface area contributed by atoms with Crippen molar-refractivity contribution >= 4 is 0 Å². The maximum atomic E-state index is 3.09. The van der Waals surface area contributed by atoms with Crippen LogP contribution in [0.15, 0.2) is 23.9 Å². The van der Waals surface area contributed by atoms with Crippen LogP contribution in [0, 0.1) is 0 Å². The first kappa shape index (κ1) is 12.9. The lowest BCUT2D eigenvalue weighted by atomic mass is 10.2. The monoisotopic (exact) mass is 155 g/mol. The lowest BCUT2D eigenvalue weighted by Crippen LogP contribution is -2.10. The van der Waals surface area contributed by atoms with Crippen LogP contribution in [-0.4, -0.2) is 6.54 Å². The summed E-state index contributed by atoms with van der Waals surface area (Å²) in [5.74, 6) is 0. The van der Waals surface area contributed by atoms with Gasteiger partial charge in [-0.05, 0) is 19.2 Å². The summed E-state index contributed by atoms with van der Waals surface area (Å²) in [5, 5.41) is 3.09. The van der Waals surface area contributed by atoms with E-state index in [4.69, 9.17) is 0 Å². The summed E-state index contributed by atoms with van der Waals surface area (Å²) in [5.41, 5.74) is 1.39. The van der Waals surface area contributed by atoms with Gasteiger partial charge < -0.3 is 5.32 Å². The molecule has 1 aliphatic heterocycles. The number of hydrogen-bond donors (Lipinski definition) is 1. The van der Waals surface area contributed by atoms with Crippen LogP contribution in [0.25, 0.3) is 0 Å². The predicted octanol–water partition coefficient (Wildman–Crippen LogP) is 3.10. The number of rotatable bonds is 0. The Morgan fingerprint density at radius 3 is 1.91 bits per heavy atom. The van der Waals surface area contributed by atoms with Crippen LogP contribution in [0.4, 0.5) is 0 Å². The molecular formula is C10H21N. The molecule has 0 fully saturated rings. The van der Waals surface area contributed by atoms with Crippen molar-refractivity contribution in [2.45, 2.75) is 34.6 Å². The van der Waals surface area contributed by atoms with Gasteiger partial charge in [0, 0.05) is 6.54 Å². The van der Waals surface area contributed by atoms with Crippen molar-refractivity contribution in [1.29, 1.82) is 0 Å². The van der Waals surface area contributed by atoms with E-state index >= 15 is 0 Å². The molecule has 0 aliphatic carbocycles. The molecule has 0 saturated carbocycles. The molecule has 0 saturated heterocycles. The molecule has 1 heterocycles. The fraction of sp³-hybridized carbons (Fsp3) is 0.600.